The zero-order valence-electron chi connectivity index (χ0n) is 14.6. The van der Waals surface area contributed by atoms with Crippen LogP contribution in [0, 0.1) is 6.92 Å². The zero-order valence-corrected chi connectivity index (χ0v) is 14.6. The normalized spacial score (nSPS) is 21.2. The quantitative estimate of drug-likeness (QED) is 0.765. The molecule has 26 heavy (non-hydrogen) atoms. The highest BCUT2D eigenvalue weighted by Gasteiger charge is 2.37. The molecule has 1 N–H and O–H groups in total. The predicted molar refractivity (Wildman–Crippen MR) is 97.9 cm³/mol. The first-order valence-electron chi connectivity index (χ1n) is 8.68. The summed E-state index contributed by atoms with van der Waals surface area (Å²) in [7, 11) is 1.94. The number of aryl methyl sites for hydroxylation is 1. The van der Waals surface area contributed by atoms with Crippen molar-refractivity contribution in [2.75, 3.05) is 17.1 Å². The highest BCUT2D eigenvalue weighted by molar-refractivity contribution is 5.78. The summed E-state index contributed by atoms with van der Waals surface area (Å²) in [5.74, 6) is 0.844. The van der Waals surface area contributed by atoms with Crippen molar-refractivity contribution in [1.82, 2.24) is 20.3 Å². The van der Waals surface area contributed by atoms with Crippen LogP contribution in [0.3, 0.4) is 0 Å². The van der Waals surface area contributed by atoms with E-state index >= 15 is 0 Å². The first-order chi connectivity index (χ1) is 12.6. The van der Waals surface area contributed by atoms with Gasteiger partial charge in [-0.15, -0.1) is 10.6 Å². The average molecular weight is 350 g/mol. The number of hydrogen-bond donors (Lipinski definition) is 1. The summed E-state index contributed by atoms with van der Waals surface area (Å²) in [5.41, 5.74) is 7.44. The van der Waals surface area contributed by atoms with Gasteiger partial charge < -0.3 is 0 Å². The fraction of sp³-hybridized carbons (Fsp3) is 0.263. The molecule has 0 aliphatic carbocycles. The molecule has 7 heteroatoms. The Bertz CT molecular complexity index is 969. The smallest absolute Gasteiger partial charge is 0.265 e. The Hall–Kier alpha value is -2.93. The molecule has 5 rings (SSSR count). The minimum atomic E-state index is -1.11. The van der Waals surface area contributed by atoms with Gasteiger partial charge in [0.1, 0.15) is 0 Å². The van der Waals surface area contributed by atoms with Gasteiger partial charge in [-0.2, -0.15) is 4.98 Å². The molecule has 0 unspecified atom stereocenters. The van der Waals surface area contributed by atoms with Crippen LogP contribution < -0.4 is 15.6 Å². The van der Waals surface area contributed by atoms with Crippen LogP contribution in [0.2, 0.25) is 0 Å². The van der Waals surface area contributed by atoms with Crippen LogP contribution in [0.4, 0.5) is 21.7 Å². The Morgan fingerprint density at radius 1 is 1.12 bits per heavy atom. The van der Waals surface area contributed by atoms with E-state index in [1.165, 1.54) is 5.56 Å². The SMILES string of the molecule is Cc1ccc2c(c1)N(C)NN2c1nc2n(n1)[C@H](c1ccccc1)C[C@@H]2F. The number of rotatable bonds is 2. The first kappa shape index (κ1) is 15.3. The van der Waals surface area contributed by atoms with E-state index in [0.29, 0.717) is 18.2 Å². The number of aromatic nitrogens is 3. The number of anilines is 3. The van der Waals surface area contributed by atoms with Crippen molar-refractivity contribution < 1.29 is 4.39 Å². The summed E-state index contributed by atoms with van der Waals surface area (Å²) >= 11 is 0. The number of hydrogen-bond acceptors (Lipinski definition) is 5. The number of hydrazine groups is 2. The average Bonchev–Trinajstić information content (AvgIpc) is 3.30. The third-order valence-electron chi connectivity index (χ3n) is 5.02. The molecular formula is C19H19FN6. The summed E-state index contributed by atoms with van der Waals surface area (Å²) < 4.78 is 16.3. The summed E-state index contributed by atoms with van der Waals surface area (Å²) in [6, 6.07) is 15.9. The van der Waals surface area contributed by atoms with Crippen LogP contribution in [-0.4, -0.2) is 21.8 Å². The van der Waals surface area contributed by atoms with Crippen LogP contribution in [-0.2, 0) is 0 Å². The van der Waals surface area contributed by atoms with Gasteiger partial charge in [0.05, 0.1) is 17.4 Å². The van der Waals surface area contributed by atoms with E-state index in [1.54, 1.807) is 9.69 Å². The molecular weight excluding hydrogens is 331 g/mol. The Kier molecular flexibility index (Phi) is 3.27. The third kappa shape index (κ3) is 2.20. The van der Waals surface area contributed by atoms with Crippen molar-refractivity contribution in [2.45, 2.75) is 25.6 Å². The molecule has 0 amide bonds. The molecule has 0 saturated heterocycles. The maximum atomic E-state index is 14.6. The molecule has 1 aromatic heterocycles. The number of alkyl halides is 1. The lowest BCUT2D eigenvalue weighted by molar-refractivity contribution is 0.328. The number of nitrogens with zero attached hydrogens (tertiary/aromatic N) is 5. The van der Waals surface area contributed by atoms with E-state index in [9.17, 15) is 4.39 Å². The van der Waals surface area contributed by atoms with Crippen molar-refractivity contribution in [3.63, 3.8) is 0 Å². The molecule has 0 spiro atoms. The van der Waals surface area contributed by atoms with Gasteiger partial charge in [-0.1, -0.05) is 36.4 Å². The first-order valence-corrected chi connectivity index (χ1v) is 8.68. The molecule has 132 valence electrons. The number of fused-ring (bicyclic) bond motifs is 2. The van der Waals surface area contributed by atoms with E-state index in [2.05, 4.69) is 28.6 Å². The van der Waals surface area contributed by atoms with Crippen molar-refractivity contribution in [3.05, 3.63) is 65.5 Å². The second kappa shape index (κ2) is 5.54. The molecule has 0 saturated carbocycles. The van der Waals surface area contributed by atoms with E-state index < -0.39 is 6.17 Å². The standard InChI is InChI=1S/C19H19FN6/c1-12-8-9-15-17(10-12)24(2)23-26(15)19-21-18-14(20)11-16(25(18)22-19)13-6-4-3-5-7-13/h3-10,14,16,23H,11H2,1-2H3/t14-,16-/m0/s1. The van der Waals surface area contributed by atoms with E-state index in [-0.39, 0.29) is 6.04 Å². The molecule has 0 radical (unpaired) electrons. The van der Waals surface area contributed by atoms with E-state index in [4.69, 9.17) is 0 Å². The fourth-order valence-electron chi connectivity index (χ4n) is 3.72. The maximum Gasteiger partial charge on any atom is 0.265 e. The van der Waals surface area contributed by atoms with Crippen LogP contribution in [0.15, 0.2) is 48.5 Å². The zero-order chi connectivity index (χ0) is 17.8. The van der Waals surface area contributed by atoms with Crippen molar-refractivity contribution in [2.24, 2.45) is 0 Å². The highest BCUT2D eigenvalue weighted by Crippen LogP contribution is 2.42. The van der Waals surface area contributed by atoms with E-state index in [0.717, 1.165) is 16.9 Å². The predicted octanol–water partition coefficient (Wildman–Crippen LogP) is 3.60. The van der Waals surface area contributed by atoms with Crippen molar-refractivity contribution in [1.29, 1.82) is 0 Å². The van der Waals surface area contributed by atoms with Crippen molar-refractivity contribution in [3.8, 4) is 0 Å². The molecule has 2 atom stereocenters. The number of nitrogens with one attached hydrogen (secondary N) is 1. The van der Waals surface area contributed by atoms with Crippen molar-refractivity contribution >= 4 is 17.3 Å². The molecule has 0 fully saturated rings. The van der Waals surface area contributed by atoms with Gasteiger partial charge in [-0.3, -0.25) is 5.01 Å². The Labute approximate surface area is 150 Å². The van der Waals surface area contributed by atoms with Crippen LogP contribution in [0.1, 0.15) is 35.6 Å². The minimum absolute atomic E-state index is 0.125. The van der Waals surface area contributed by atoms with Gasteiger partial charge in [0.15, 0.2) is 12.0 Å². The summed E-state index contributed by atoms with van der Waals surface area (Å²) in [6.45, 7) is 2.05. The largest absolute Gasteiger partial charge is 0.291 e. The lowest BCUT2D eigenvalue weighted by Gasteiger charge is -2.17. The van der Waals surface area contributed by atoms with Crippen LogP contribution in [0.25, 0.3) is 0 Å². The second-order valence-electron chi connectivity index (χ2n) is 6.83. The maximum absolute atomic E-state index is 14.6. The lowest BCUT2D eigenvalue weighted by atomic mass is 10.0. The highest BCUT2D eigenvalue weighted by atomic mass is 19.1. The van der Waals surface area contributed by atoms with Crippen LogP contribution in [0.5, 0.6) is 0 Å². The molecule has 0 bridgehead atoms. The van der Waals surface area contributed by atoms with Gasteiger partial charge >= 0.3 is 0 Å². The van der Waals surface area contributed by atoms with Gasteiger partial charge in [0, 0.05) is 13.5 Å². The Morgan fingerprint density at radius 2 is 1.92 bits per heavy atom. The summed E-state index contributed by atoms with van der Waals surface area (Å²) in [4.78, 5) is 4.50. The topological polar surface area (TPSA) is 49.2 Å². The van der Waals surface area contributed by atoms with Gasteiger partial charge in [0.2, 0.25) is 0 Å². The molecule has 2 aromatic carbocycles. The third-order valence-corrected chi connectivity index (χ3v) is 5.02. The summed E-state index contributed by atoms with van der Waals surface area (Å²) in [6.07, 6.45) is -0.734. The molecule has 3 aromatic rings. The molecule has 2 aliphatic rings. The lowest BCUT2D eigenvalue weighted by Crippen LogP contribution is -2.39. The number of halogens is 1. The Balaban J connectivity index is 1.55. The fourth-order valence-corrected chi connectivity index (χ4v) is 3.72. The minimum Gasteiger partial charge on any atom is -0.291 e. The Morgan fingerprint density at radius 3 is 2.73 bits per heavy atom. The molecule has 6 nitrogen and oxygen atoms in total. The van der Waals surface area contributed by atoms with Gasteiger partial charge in [-0.05, 0) is 30.2 Å². The second-order valence-corrected chi connectivity index (χ2v) is 6.83. The monoisotopic (exact) mass is 350 g/mol. The van der Waals surface area contributed by atoms with E-state index in [1.807, 2.05) is 54.5 Å². The number of benzene rings is 2. The molecule has 2 aliphatic heterocycles. The van der Waals surface area contributed by atoms with Gasteiger partial charge in [0.25, 0.3) is 5.95 Å². The molecule has 3 heterocycles. The van der Waals surface area contributed by atoms with Gasteiger partial charge in [-0.25, -0.2) is 14.1 Å². The van der Waals surface area contributed by atoms with Crippen LogP contribution >= 0.6 is 0 Å². The summed E-state index contributed by atoms with van der Waals surface area (Å²) in [5, 5.41) is 8.35.